The monoisotopic (exact) mass is 518 g/mol. The van der Waals surface area contributed by atoms with Gasteiger partial charge in [-0.1, -0.05) is 44.2 Å². The lowest BCUT2D eigenvalue weighted by Gasteiger charge is -2.40. The van der Waals surface area contributed by atoms with Crippen LogP contribution >= 0.6 is 0 Å². The number of ketones is 1. The maximum atomic E-state index is 13.9. The molecule has 1 aromatic carbocycles. The van der Waals surface area contributed by atoms with Crippen LogP contribution < -0.4 is 16.9 Å². The van der Waals surface area contributed by atoms with E-state index in [0.29, 0.717) is 10.6 Å². The van der Waals surface area contributed by atoms with Gasteiger partial charge in [-0.15, -0.1) is 5.06 Å². The number of carbonyl (C=O) groups excluding carboxylic acids is 4. The summed E-state index contributed by atoms with van der Waals surface area (Å²) in [5.74, 6) is -7.39. The molecule has 0 heterocycles. The fourth-order valence-corrected chi connectivity index (χ4v) is 3.87. The van der Waals surface area contributed by atoms with Crippen LogP contribution in [0, 0.1) is 11.8 Å². The Bertz CT molecular complexity index is 898. The number of benzene rings is 1. The normalized spacial score (nSPS) is 14.2. The number of primary amides is 1. The highest BCUT2D eigenvalue weighted by atomic mass is 19.4. The number of nitrogens with zero attached hydrogens (tertiary/aromatic N) is 1. The number of hydrogen-bond donors (Lipinski definition) is 4. The van der Waals surface area contributed by atoms with Crippen molar-refractivity contribution < 1.29 is 42.4 Å². The Morgan fingerprint density at radius 3 is 2.19 bits per heavy atom. The number of amides is 2. The number of nitrogens with one attached hydrogen (secondary N) is 1. The molecule has 0 saturated heterocycles. The van der Waals surface area contributed by atoms with Gasteiger partial charge in [-0.3, -0.25) is 19.6 Å². The first-order chi connectivity index (χ1) is 16.8. The van der Waals surface area contributed by atoms with Gasteiger partial charge in [-0.25, -0.2) is 10.3 Å². The first kappa shape index (κ1) is 31.0. The average Bonchev–Trinajstić information content (AvgIpc) is 2.80. The summed E-state index contributed by atoms with van der Waals surface area (Å²) in [6.07, 6.45) is -6.06. The highest BCUT2D eigenvalue weighted by Crippen LogP contribution is 2.34. The van der Waals surface area contributed by atoms with Crippen LogP contribution in [0.3, 0.4) is 0 Å². The highest BCUT2D eigenvalue weighted by molar-refractivity contribution is 6.11. The second-order valence-corrected chi connectivity index (χ2v) is 8.80. The zero-order valence-corrected chi connectivity index (χ0v) is 20.2. The van der Waals surface area contributed by atoms with Gasteiger partial charge < -0.3 is 16.3 Å². The molecule has 13 heteroatoms. The Kier molecular flexibility index (Phi) is 12.0. The summed E-state index contributed by atoms with van der Waals surface area (Å²) in [4.78, 5) is 55.4. The first-order valence-corrected chi connectivity index (χ1v) is 11.4. The summed E-state index contributed by atoms with van der Waals surface area (Å²) in [5, 5.41) is 9.34. The Labute approximate surface area is 207 Å². The van der Waals surface area contributed by atoms with Crippen LogP contribution in [0.2, 0.25) is 0 Å². The molecule has 0 radical (unpaired) electrons. The molecule has 1 unspecified atom stereocenters. The van der Waals surface area contributed by atoms with E-state index >= 15 is 0 Å². The molecule has 0 bridgehead atoms. The van der Waals surface area contributed by atoms with E-state index in [4.69, 9.17) is 16.7 Å². The lowest BCUT2D eigenvalue weighted by atomic mass is 9.76. The predicted molar refractivity (Wildman–Crippen MR) is 121 cm³/mol. The summed E-state index contributed by atoms with van der Waals surface area (Å²) < 4.78 is 39.6. The molecular formula is C23H33F3N4O6. The van der Waals surface area contributed by atoms with Crippen LogP contribution in [0.25, 0.3) is 0 Å². The number of halogens is 3. The van der Waals surface area contributed by atoms with Crippen molar-refractivity contribution in [3.05, 3.63) is 35.9 Å². The maximum absolute atomic E-state index is 13.9. The molecule has 6 N–H and O–H groups in total. The van der Waals surface area contributed by atoms with E-state index in [-0.39, 0.29) is 31.7 Å². The van der Waals surface area contributed by atoms with Crippen molar-refractivity contribution in [3.63, 3.8) is 0 Å². The minimum Gasteiger partial charge on any atom is -0.368 e. The third-order valence-electron chi connectivity index (χ3n) is 5.51. The Morgan fingerprint density at radius 1 is 1.11 bits per heavy atom. The van der Waals surface area contributed by atoms with Crippen LogP contribution in [0.15, 0.2) is 30.3 Å². The van der Waals surface area contributed by atoms with Crippen molar-refractivity contribution in [2.45, 2.75) is 64.2 Å². The predicted octanol–water partition coefficient (Wildman–Crippen LogP) is 1.99. The molecule has 2 amide bonds. The van der Waals surface area contributed by atoms with Gasteiger partial charge in [0.2, 0.25) is 11.8 Å². The van der Waals surface area contributed by atoms with Gasteiger partial charge in [-0.2, -0.15) is 13.2 Å². The number of rotatable bonds is 15. The molecule has 0 aliphatic rings. The summed E-state index contributed by atoms with van der Waals surface area (Å²) in [6.45, 7) is 3.01. The number of hydroxylamine groups is 3. The van der Waals surface area contributed by atoms with Crippen molar-refractivity contribution in [1.29, 1.82) is 0 Å². The van der Waals surface area contributed by atoms with E-state index in [9.17, 15) is 32.3 Å². The van der Waals surface area contributed by atoms with Crippen LogP contribution in [0.4, 0.5) is 13.2 Å². The third kappa shape index (κ3) is 8.57. The average molecular weight is 519 g/mol. The molecule has 2 atom stereocenters. The number of Topliss-reactive ketones (excluding diaryl/α,β-unsaturated/α-hetero) is 1. The summed E-state index contributed by atoms with van der Waals surface area (Å²) in [7, 11) is 0. The zero-order valence-electron chi connectivity index (χ0n) is 20.2. The Hall–Kier alpha value is -3.03. The van der Waals surface area contributed by atoms with Gasteiger partial charge in [0.1, 0.15) is 0 Å². The molecule has 1 rings (SSSR count). The van der Waals surface area contributed by atoms with Crippen molar-refractivity contribution in [2.75, 3.05) is 6.54 Å². The van der Waals surface area contributed by atoms with Crippen LogP contribution in [-0.2, 0) is 30.6 Å². The van der Waals surface area contributed by atoms with E-state index in [1.54, 1.807) is 32.0 Å². The van der Waals surface area contributed by atoms with Crippen molar-refractivity contribution in [2.24, 2.45) is 23.3 Å². The molecule has 0 aromatic heterocycles. The van der Waals surface area contributed by atoms with Crippen molar-refractivity contribution in [3.8, 4) is 0 Å². The largest absolute Gasteiger partial charge is 0.492 e. The Balaban J connectivity index is 3.74. The molecule has 0 spiro atoms. The fraction of sp³-hybridized carbons (Fsp3) is 0.565. The quantitative estimate of drug-likeness (QED) is 0.118. The standard InChI is InChI=1S/C23H33F3N4O6/c1-15(2)12-17(13-18(31)29-35)19(32)22(20(28)33,10-6-7-11-27)30(36-21(34)23(24,25)26)14-16-8-4-3-5-9-16/h3-5,8-9,15,17,35H,6-7,10-14,27H2,1-2H3,(H2,28,33)(H,29,31)/t17?,22-/m1/s1. The molecule has 0 aliphatic heterocycles. The summed E-state index contributed by atoms with van der Waals surface area (Å²) in [5.41, 5.74) is 10.4. The van der Waals surface area contributed by atoms with E-state index in [1.807, 2.05) is 0 Å². The maximum Gasteiger partial charge on any atom is 0.492 e. The van der Waals surface area contributed by atoms with Crippen molar-refractivity contribution >= 4 is 23.6 Å². The van der Waals surface area contributed by atoms with Gasteiger partial charge >= 0.3 is 12.1 Å². The lowest BCUT2D eigenvalue weighted by Crippen LogP contribution is -2.65. The second kappa shape index (κ2) is 13.9. The topological polar surface area (TPSA) is 165 Å². The van der Waals surface area contributed by atoms with E-state index < -0.39 is 60.6 Å². The van der Waals surface area contributed by atoms with Crippen molar-refractivity contribution in [1.82, 2.24) is 10.5 Å². The molecule has 202 valence electrons. The molecule has 0 fully saturated rings. The third-order valence-corrected chi connectivity index (χ3v) is 5.51. The van der Waals surface area contributed by atoms with Gasteiger partial charge in [0.15, 0.2) is 11.3 Å². The molecule has 1 aromatic rings. The summed E-state index contributed by atoms with van der Waals surface area (Å²) in [6, 6.07) is 7.75. The van der Waals surface area contributed by atoms with Gasteiger partial charge in [0.05, 0.1) is 6.54 Å². The molecular weight excluding hydrogens is 485 g/mol. The van der Waals surface area contributed by atoms with Gasteiger partial charge in [0, 0.05) is 12.3 Å². The van der Waals surface area contributed by atoms with Crippen LogP contribution in [0.1, 0.15) is 51.5 Å². The number of carbonyl (C=O) groups is 4. The molecule has 36 heavy (non-hydrogen) atoms. The second-order valence-electron chi connectivity index (χ2n) is 8.80. The zero-order chi connectivity index (χ0) is 27.5. The first-order valence-electron chi connectivity index (χ1n) is 11.4. The molecule has 0 saturated carbocycles. The summed E-state index contributed by atoms with van der Waals surface area (Å²) >= 11 is 0. The highest BCUT2D eigenvalue weighted by Gasteiger charge is 2.55. The number of nitrogens with two attached hydrogens (primary N) is 2. The minimum absolute atomic E-state index is 0.0323. The lowest BCUT2D eigenvalue weighted by molar-refractivity contribution is -0.259. The SMILES string of the molecule is CC(C)CC(CC(=O)NO)C(=O)[C@](CCCCN)(C(N)=O)N(Cc1ccccc1)OC(=O)C(F)(F)F. The van der Waals surface area contributed by atoms with E-state index in [0.717, 1.165) is 0 Å². The molecule has 0 aliphatic carbocycles. The van der Waals surface area contributed by atoms with Crippen LogP contribution in [0.5, 0.6) is 0 Å². The van der Waals surface area contributed by atoms with Crippen LogP contribution in [-0.4, -0.2) is 52.1 Å². The van der Waals surface area contributed by atoms with E-state index in [2.05, 4.69) is 4.84 Å². The van der Waals surface area contributed by atoms with E-state index in [1.165, 1.54) is 17.6 Å². The van der Waals surface area contributed by atoms with Gasteiger partial charge in [0.25, 0.3) is 0 Å². The Morgan fingerprint density at radius 2 is 1.72 bits per heavy atom. The number of alkyl halides is 3. The number of hydrogen-bond acceptors (Lipinski definition) is 8. The molecule has 10 nitrogen and oxygen atoms in total. The fourth-order valence-electron chi connectivity index (χ4n) is 3.87. The minimum atomic E-state index is -5.44. The smallest absolute Gasteiger partial charge is 0.368 e. The van der Waals surface area contributed by atoms with Gasteiger partial charge in [-0.05, 0) is 43.7 Å². The number of unbranched alkanes of at least 4 members (excludes halogenated alkanes) is 1.